The predicted octanol–water partition coefficient (Wildman–Crippen LogP) is 2.59. The van der Waals surface area contributed by atoms with Gasteiger partial charge in [-0.3, -0.25) is 4.79 Å². The molecule has 1 aliphatic carbocycles. The molecule has 1 N–H and O–H groups in total. The number of hydrogen-bond acceptors (Lipinski definition) is 3. The first-order valence-electron chi connectivity index (χ1n) is 7.13. The smallest absolute Gasteiger partial charge is 0.132 e. The summed E-state index contributed by atoms with van der Waals surface area (Å²) in [5.41, 5.74) is 1.33. The second-order valence-corrected chi connectivity index (χ2v) is 5.28. The van der Waals surface area contributed by atoms with Crippen LogP contribution in [0, 0.1) is 5.92 Å². The Labute approximate surface area is 115 Å². The maximum atomic E-state index is 11.1. The van der Waals surface area contributed by atoms with E-state index in [0.29, 0.717) is 11.7 Å². The number of benzene rings is 1. The van der Waals surface area contributed by atoms with Crippen molar-refractivity contribution in [1.29, 1.82) is 0 Å². The van der Waals surface area contributed by atoms with E-state index < -0.39 is 0 Å². The van der Waals surface area contributed by atoms with Gasteiger partial charge in [-0.2, -0.15) is 0 Å². The Morgan fingerprint density at radius 2 is 1.89 bits per heavy atom. The van der Waals surface area contributed by atoms with E-state index in [-0.39, 0.29) is 0 Å². The van der Waals surface area contributed by atoms with Crippen molar-refractivity contribution < 1.29 is 9.53 Å². The number of Topliss-reactive ketones (excluding diaryl/α,β-unsaturated/α-hetero) is 1. The van der Waals surface area contributed by atoms with Gasteiger partial charge in [-0.05, 0) is 56.0 Å². The second-order valence-electron chi connectivity index (χ2n) is 5.28. The summed E-state index contributed by atoms with van der Waals surface area (Å²) in [4.78, 5) is 11.1. The molecule has 0 aliphatic heterocycles. The number of carbonyl (C=O) groups excluding carboxylic acids is 1. The summed E-state index contributed by atoms with van der Waals surface area (Å²) < 4.78 is 5.14. The molecule has 1 aromatic rings. The number of nitrogens with one attached hydrogen (secondary N) is 1. The van der Waals surface area contributed by atoms with Crippen molar-refractivity contribution in [3.05, 3.63) is 29.8 Å². The number of methoxy groups -OCH3 is 1. The molecule has 0 atom stereocenters. The van der Waals surface area contributed by atoms with E-state index in [4.69, 9.17) is 4.74 Å². The molecule has 0 radical (unpaired) electrons. The summed E-state index contributed by atoms with van der Waals surface area (Å²) in [5, 5.41) is 3.50. The average Bonchev–Trinajstić information content (AvgIpc) is 2.46. The van der Waals surface area contributed by atoms with Crippen molar-refractivity contribution in [1.82, 2.24) is 5.32 Å². The van der Waals surface area contributed by atoms with Crippen molar-refractivity contribution in [2.24, 2.45) is 5.92 Å². The third-order valence-corrected chi connectivity index (χ3v) is 3.85. The molecule has 104 valence electrons. The summed E-state index contributed by atoms with van der Waals surface area (Å²) in [6.07, 6.45) is 4.73. The fraction of sp³-hybridized carbons (Fsp3) is 0.562. The van der Waals surface area contributed by atoms with Crippen LogP contribution in [-0.2, 0) is 11.2 Å². The first-order chi connectivity index (χ1) is 9.28. The van der Waals surface area contributed by atoms with Gasteiger partial charge in [-0.25, -0.2) is 0 Å². The summed E-state index contributed by atoms with van der Waals surface area (Å²) in [6.45, 7) is 2.04. The number of ether oxygens (including phenoxy) is 1. The van der Waals surface area contributed by atoms with Gasteiger partial charge in [-0.1, -0.05) is 12.1 Å². The SMILES string of the molecule is COc1ccc(CCNCC2CCC(=O)CC2)cc1. The lowest BCUT2D eigenvalue weighted by molar-refractivity contribution is -0.120. The lowest BCUT2D eigenvalue weighted by Crippen LogP contribution is -2.28. The highest BCUT2D eigenvalue weighted by atomic mass is 16.5. The van der Waals surface area contributed by atoms with Crippen LogP contribution in [0.3, 0.4) is 0 Å². The molecular weight excluding hydrogens is 238 g/mol. The van der Waals surface area contributed by atoms with Crippen LogP contribution in [0.25, 0.3) is 0 Å². The zero-order chi connectivity index (χ0) is 13.5. The predicted molar refractivity (Wildman–Crippen MR) is 76.5 cm³/mol. The Morgan fingerprint density at radius 3 is 2.53 bits per heavy atom. The fourth-order valence-electron chi connectivity index (χ4n) is 2.53. The molecule has 3 nitrogen and oxygen atoms in total. The first kappa shape index (κ1) is 14.1. The van der Waals surface area contributed by atoms with Crippen LogP contribution in [0.4, 0.5) is 0 Å². The highest BCUT2D eigenvalue weighted by molar-refractivity contribution is 5.79. The van der Waals surface area contributed by atoms with Crippen LogP contribution in [-0.4, -0.2) is 26.0 Å². The number of hydrogen-bond donors (Lipinski definition) is 1. The molecule has 0 unspecified atom stereocenters. The molecule has 0 bridgehead atoms. The monoisotopic (exact) mass is 261 g/mol. The molecule has 0 amide bonds. The summed E-state index contributed by atoms with van der Waals surface area (Å²) in [5.74, 6) is 2.03. The van der Waals surface area contributed by atoms with Crippen LogP contribution in [0.5, 0.6) is 5.75 Å². The van der Waals surface area contributed by atoms with Crippen LogP contribution < -0.4 is 10.1 Å². The van der Waals surface area contributed by atoms with Crippen molar-refractivity contribution in [3.63, 3.8) is 0 Å². The van der Waals surface area contributed by atoms with Gasteiger partial charge in [0, 0.05) is 12.8 Å². The molecular formula is C16H23NO2. The molecule has 0 heterocycles. The maximum Gasteiger partial charge on any atom is 0.132 e. The van der Waals surface area contributed by atoms with Crippen molar-refractivity contribution in [2.45, 2.75) is 32.1 Å². The van der Waals surface area contributed by atoms with Gasteiger partial charge in [0.15, 0.2) is 0 Å². The first-order valence-corrected chi connectivity index (χ1v) is 7.13. The van der Waals surface area contributed by atoms with Crippen molar-refractivity contribution in [3.8, 4) is 5.75 Å². The fourth-order valence-corrected chi connectivity index (χ4v) is 2.53. The molecule has 2 rings (SSSR count). The van der Waals surface area contributed by atoms with E-state index in [1.807, 2.05) is 12.1 Å². The van der Waals surface area contributed by atoms with Crippen molar-refractivity contribution in [2.75, 3.05) is 20.2 Å². The average molecular weight is 261 g/mol. The maximum absolute atomic E-state index is 11.1. The number of carbonyl (C=O) groups is 1. The van der Waals surface area contributed by atoms with Gasteiger partial charge in [0.2, 0.25) is 0 Å². The van der Waals surface area contributed by atoms with Crippen LogP contribution in [0.15, 0.2) is 24.3 Å². The lowest BCUT2D eigenvalue weighted by atomic mass is 9.88. The van der Waals surface area contributed by atoms with E-state index in [9.17, 15) is 4.79 Å². The molecule has 19 heavy (non-hydrogen) atoms. The molecule has 1 aliphatic rings. The van der Waals surface area contributed by atoms with Crippen LogP contribution in [0.1, 0.15) is 31.2 Å². The molecule has 1 saturated carbocycles. The van der Waals surface area contributed by atoms with Gasteiger partial charge >= 0.3 is 0 Å². The topological polar surface area (TPSA) is 38.3 Å². The minimum atomic E-state index is 0.439. The van der Waals surface area contributed by atoms with Gasteiger partial charge in [0.05, 0.1) is 7.11 Å². The number of ketones is 1. The molecule has 3 heteroatoms. The van der Waals surface area contributed by atoms with Crippen LogP contribution in [0.2, 0.25) is 0 Å². The summed E-state index contributed by atoms with van der Waals surface area (Å²) in [6, 6.07) is 8.23. The molecule has 1 aromatic carbocycles. The van der Waals surface area contributed by atoms with Crippen molar-refractivity contribution >= 4 is 5.78 Å². The largest absolute Gasteiger partial charge is 0.497 e. The van der Waals surface area contributed by atoms with E-state index in [1.54, 1.807) is 7.11 Å². The molecule has 0 aromatic heterocycles. The highest BCUT2D eigenvalue weighted by Gasteiger charge is 2.17. The van der Waals surface area contributed by atoms with E-state index in [1.165, 1.54) is 5.56 Å². The van der Waals surface area contributed by atoms with Gasteiger partial charge in [0.1, 0.15) is 11.5 Å². The molecule has 0 saturated heterocycles. The Bertz CT molecular complexity index is 390. The number of rotatable bonds is 6. The highest BCUT2D eigenvalue weighted by Crippen LogP contribution is 2.20. The zero-order valence-electron chi connectivity index (χ0n) is 11.7. The van der Waals surface area contributed by atoms with E-state index in [2.05, 4.69) is 17.4 Å². The van der Waals surface area contributed by atoms with E-state index in [0.717, 1.165) is 50.9 Å². The standard InChI is InChI=1S/C16H23NO2/c1-19-16-8-4-13(5-9-16)10-11-17-12-14-2-6-15(18)7-3-14/h4-5,8-9,14,17H,2-3,6-7,10-12H2,1H3. The Hall–Kier alpha value is -1.35. The van der Waals surface area contributed by atoms with E-state index >= 15 is 0 Å². The Kier molecular flexibility index (Phi) is 5.40. The Balaban J connectivity index is 1.62. The third kappa shape index (κ3) is 4.67. The third-order valence-electron chi connectivity index (χ3n) is 3.85. The normalized spacial score (nSPS) is 16.6. The van der Waals surface area contributed by atoms with Gasteiger partial charge < -0.3 is 10.1 Å². The zero-order valence-corrected chi connectivity index (χ0v) is 11.7. The quantitative estimate of drug-likeness (QED) is 0.800. The lowest BCUT2D eigenvalue weighted by Gasteiger charge is -2.21. The molecule has 0 spiro atoms. The minimum absolute atomic E-state index is 0.439. The van der Waals surface area contributed by atoms with Gasteiger partial charge in [-0.15, -0.1) is 0 Å². The minimum Gasteiger partial charge on any atom is -0.497 e. The molecule has 1 fully saturated rings. The van der Waals surface area contributed by atoms with Gasteiger partial charge in [0.25, 0.3) is 0 Å². The summed E-state index contributed by atoms with van der Waals surface area (Å²) >= 11 is 0. The Morgan fingerprint density at radius 1 is 1.21 bits per heavy atom. The second kappa shape index (κ2) is 7.29. The van der Waals surface area contributed by atoms with Crippen LogP contribution >= 0.6 is 0 Å². The summed E-state index contributed by atoms with van der Waals surface area (Å²) in [7, 11) is 1.69.